The summed E-state index contributed by atoms with van der Waals surface area (Å²) >= 11 is 0. The molecule has 0 aliphatic heterocycles. The lowest BCUT2D eigenvalue weighted by Gasteiger charge is -2.36. The summed E-state index contributed by atoms with van der Waals surface area (Å²) in [6.07, 6.45) is -0.0995. The minimum atomic E-state index is -1.04. The molecule has 0 atom stereocenters. The van der Waals surface area contributed by atoms with Crippen molar-refractivity contribution in [2.45, 2.75) is 34.1 Å². The maximum atomic E-state index is 11.2. The lowest BCUT2D eigenvalue weighted by atomic mass is 9.66. The molecule has 0 fully saturated rings. The smallest absolute Gasteiger partial charge is 0.310 e. The van der Waals surface area contributed by atoms with Crippen LogP contribution in [0.2, 0.25) is 0 Å². The van der Waals surface area contributed by atoms with Crippen LogP contribution in [0.25, 0.3) is 0 Å². The van der Waals surface area contributed by atoms with Crippen molar-refractivity contribution in [3.8, 4) is 0 Å². The average molecular weight is 201 g/mol. The molecule has 0 saturated heterocycles. The summed E-state index contributed by atoms with van der Waals surface area (Å²) in [7, 11) is 0. The maximum Gasteiger partial charge on any atom is 0.310 e. The molecule has 4 heteroatoms. The summed E-state index contributed by atoms with van der Waals surface area (Å²) in [4.78, 5) is 22.1. The van der Waals surface area contributed by atoms with Gasteiger partial charge in [-0.3, -0.25) is 9.59 Å². The first-order valence-electron chi connectivity index (χ1n) is 4.76. The first-order valence-corrected chi connectivity index (χ1v) is 4.76. The van der Waals surface area contributed by atoms with E-state index in [1.54, 1.807) is 27.7 Å². The molecule has 0 rings (SSSR count). The Hall–Kier alpha value is -1.06. The fraction of sp³-hybridized carbons (Fsp3) is 0.800. The van der Waals surface area contributed by atoms with E-state index in [0.717, 1.165) is 0 Å². The first kappa shape index (κ1) is 12.9. The van der Waals surface area contributed by atoms with Crippen LogP contribution >= 0.6 is 0 Å². The molecule has 14 heavy (non-hydrogen) atoms. The Morgan fingerprint density at radius 3 is 1.64 bits per heavy atom. The van der Waals surface area contributed by atoms with Crippen LogP contribution in [0, 0.1) is 17.3 Å². The fourth-order valence-electron chi connectivity index (χ4n) is 1.93. The fourth-order valence-corrected chi connectivity index (χ4v) is 1.93. The van der Waals surface area contributed by atoms with Gasteiger partial charge in [-0.15, -0.1) is 0 Å². The van der Waals surface area contributed by atoms with Gasteiger partial charge < -0.3 is 10.8 Å². The first-order chi connectivity index (χ1) is 6.25. The number of nitrogens with two attached hydrogens (primary N) is 1. The minimum Gasteiger partial charge on any atom is -0.481 e. The summed E-state index contributed by atoms with van der Waals surface area (Å²) < 4.78 is 0. The molecule has 0 aliphatic rings. The van der Waals surface area contributed by atoms with Crippen LogP contribution in [-0.2, 0) is 9.59 Å². The minimum absolute atomic E-state index is 0.0995. The Bertz CT molecular complexity index is 226. The van der Waals surface area contributed by atoms with Gasteiger partial charge in [0.2, 0.25) is 5.91 Å². The van der Waals surface area contributed by atoms with Gasteiger partial charge in [0, 0.05) is 6.42 Å². The van der Waals surface area contributed by atoms with Crippen molar-refractivity contribution in [1.82, 2.24) is 0 Å². The molecule has 0 radical (unpaired) electrons. The van der Waals surface area contributed by atoms with Crippen molar-refractivity contribution in [2.24, 2.45) is 23.0 Å². The topological polar surface area (TPSA) is 80.4 Å². The van der Waals surface area contributed by atoms with E-state index in [9.17, 15) is 14.7 Å². The van der Waals surface area contributed by atoms with Crippen LogP contribution in [0.3, 0.4) is 0 Å². The monoisotopic (exact) mass is 201 g/mol. The van der Waals surface area contributed by atoms with Crippen molar-refractivity contribution in [3.05, 3.63) is 0 Å². The molecular weight excluding hydrogens is 182 g/mol. The van der Waals surface area contributed by atoms with Crippen molar-refractivity contribution in [2.75, 3.05) is 0 Å². The van der Waals surface area contributed by atoms with Crippen molar-refractivity contribution >= 4 is 11.9 Å². The summed E-state index contributed by atoms with van der Waals surface area (Å²) in [6, 6.07) is 0. The molecule has 0 aromatic carbocycles. The number of carbonyl (C=O) groups is 2. The van der Waals surface area contributed by atoms with Crippen LogP contribution in [0.4, 0.5) is 0 Å². The zero-order valence-corrected chi connectivity index (χ0v) is 9.20. The highest BCUT2D eigenvalue weighted by atomic mass is 16.4. The Morgan fingerprint density at radius 2 is 1.57 bits per heavy atom. The molecule has 0 bridgehead atoms. The standard InChI is InChI=1S/C10H19NO3/c1-6(2)10(7(3)4,9(13)14)5-8(11)12/h6-7H,5H2,1-4H3,(H2,11,12)(H,13,14). The third-order valence-corrected chi connectivity index (χ3v) is 2.93. The number of hydrogen-bond donors (Lipinski definition) is 2. The lowest BCUT2D eigenvalue weighted by molar-refractivity contribution is -0.158. The van der Waals surface area contributed by atoms with Crippen LogP contribution in [-0.4, -0.2) is 17.0 Å². The molecule has 4 nitrogen and oxygen atoms in total. The van der Waals surface area contributed by atoms with Gasteiger partial charge >= 0.3 is 5.97 Å². The number of carboxylic acids is 1. The number of rotatable bonds is 5. The van der Waals surface area contributed by atoms with Crippen molar-refractivity contribution in [3.63, 3.8) is 0 Å². The Labute approximate surface area is 84.5 Å². The predicted octanol–water partition coefficient (Wildman–Crippen LogP) is 1.24. The van der Waals surface area contributed by atoms with E-state index < -0.39 is 17.3 Å². The highest BCUT2D eigenvalue weighted by Gasteiger charge is 2.45. The quantitative estimate of drug-likeness (QED) is 0.702. The molecule has 82 valence electrons. The second-order valence-electron chi connectivity index (χ2n) is 4.30. The molecule has 0 heterocycles. The van der Waals surface area contributed by atoms with Crippen molar-refractivity contribution < 1.29 is 14.7 Å². The molecule has 0 saturated carbocycles. The molecule has 0 aromatic rings. The van der Waals surface area contributed by atoms with Gasteiger partial charge in [0.25, 0.3) is 0 Å². The van der Waals surface area contributed by atoms with Crippen LogP contribution in [0.15, 0.2) is 0 Å². The normalized spacial score (nSPS) is 12.1. The molecular formula is C10H19NO3. The summed E-state index contributed by atoms with van der Waals surface area (Å²) in [5.74, 6) is -1.74. The second-order valence-corrected chi connectivity index (χ2v) is 4.30. The number of carbonyl (C=O) groups excluding carboxylic acids is 1. The average Bonchev–Trinajstić information content (AvgIpc) is 1.97. The van der Waals surface area contributed by atoms with Crippen LogP contribution in [0.5, 0.6) is 0 Å². The van der Waals surface area contributed by atoms with E-state index in [-0.39, 0.29) is 18.3 Å². The maximum absolute atomic E-state index is 11.2. The molecule has 3 N–H and O–H groups in total. The van der Waals surface area contributed by atoms with Gasteiger partial charge in [-0.25, -0.2) is 0 Å². The van der Waals surface area contributed by atoms with Crippen molar-refractivity contribution in [1.29, 1.82) is 0 Å². The van der Waals surface area contributed by atoms with Crippen LogP contribution in [0.1, 0.15) is 34.1 Å². The molecule has 1 amide bonds. The third kappa shape index (κ3) is 2.25. The number of amides is 1. The highest BCUT2D eigenvalue weighted by molar-refractivity contribution is 5.84. The number of primary amides is 1. The van der Waals surface area contributed by atoms with E-state index in [2.05, 4.69) is 0 Å². The summed E-state index contributed by atoms with van der Waals surface area (Å²) in [6.45, 7) is 7.21. The van der Waals surface area contributed by atoms with Crippen LogP contribution < -0.4 is 5.73 Å². The van der Waals surface area contributed by atoms with E-state index in [1.165, 1.54) is 0 Å². The molecule has 0 aromatic heterocycles. The van der Waals surface area contributed by atoms with Gasteiger partial charge in [-0.05, 0) is 11.8 Å². The van der Waals surface area contributed by atoms with Gasteiger partial charge in [0.15, 0.2) is 0 Å². The van der Waals surface area contributed by atoms with E-state index in [0.29, 0.717) is 0 Å². The molecule has 0 spiro atoms. The SMILES string of the molecule is CC(C)C(CC(N)=O)(C(=O)O)C(C)C. The van der Waals surface area contributed by atoms with Gasteiger partial charge in [-0.1, -0.05) is 27.7 Å². The summed E-state index contributed by atoms with van der Waals surface area (Å²) in [5.41, 5.74) is 4.05. The van der Waals surface area contributed by atoms with E-state index >= 15 is 0 Å². The molecule has 0 unspecified atom stereocenters. The lowest BCUT2D eigenvalue weighted by Crippen LogP contribution is -2.44. The molecule has 0 aliphatic carbocycles. The summed E-state index contributed by atoms with van der Waals surface area (Å²) in [5, 5.41) is 9.21. The Balaban J connectivity index is 5.16. The van der Waals surface area contributed by atoms with E-state index in [4.69, 9.17) is 5.73 Å². The van der Waals surface area contributed by atoms with Gasteiger partial charge in [0.1, 0.15) is 0 Å². The third-order valence-electron chi connectivity index (χ3n) is 2.93. The number of aliphatic carboxylic acids is 1. The largest absolute Gasteiger partial charge is 0.481 e. The second kappa shape index (κ2) is 4.44. The van der Waals surface area contributed by atoms with E-state index in [1.807, 2.05) is 0 Å². The Morgan fingerprint density at radius 1 is 1.21 bits per heavy atom. The highest BCUT2D eigenvalue weighted by Crippen LogP contribution is 2.39. The number of carboxylic acid groups (broad SMARTS) is 1. The van der Waals surface area contributed by atoms with Gasteiger partial charge in [-0.2, -0.15) is 0 Å². The van der Waals surface area contributed by atoms with Gasteiger partial charge in [0.05, 0.1) is 5.41 Å². The Kier molecular flexibility index (Phi) is 4.10. The zero-order valence-electron chi connectivity index (χ0n) is 9.20. The zero-order chi connectivity index (χ0) is 11.5. The predicted molar refractivity (Wildman–Crippen MR) is 53.6 cm³/mol. The number of hydrogen-bond acceptors (Lipinski definition) is 2.